The van der Waals surface area contributed by atoms with Crippen LogP contribution in [0, 0.1) is 11.8 Å². The molecule has 2 fully saturated rings. The van der Waals surface area contributed by atoms with E-state index in [2.05, 4.69) is 0 Å². The minimum atomic E-state index is -0.979. The van der Waals surface area contributed by atoms with Gasteiger partial charge in [0.25, 0.3) is 0 Å². The van der Waals surface area contributed by atoms with Crippen molar-refractivity contribution in [2.75, 3.05) is 0 Å². The quantitative estimate of drug-likeness (QED) is 0.627. The van der Waals surface area contributed by atoms with E-state index in [1.165, 1.54) is 0 Å². The molecule has 0 bridgehead atoms. The Hall–Kier alpha value is -0.634. The van der Waals surface area contributed by atoms with Crippen LogP contribution in [0.25, 0.3) is 0 Å². The van der Waals surface area contributed by atoms with Crippen LogP contribution >= 0.6 is 0 Å². The summed E-state index contributed by atoms with van der Waals surface area (Å²) in [6, 6.07) is -0.336. The second kappa shape index (κ2) is 10.2. The van der Waals surface area contributed by atoms with Crippen molar-refractivity contribution in [2.45, 2.75) is 63.5 Å². The van der Waals surface area contributed by atoms with Crippen molar-refractivity contribution in [3.63, 3.8) is 0 Å². The van der Waals surface area contributed by atoms with E-state index in [1.54, 1.807) is 0 Å². The largest absolute Gasteiger partial charge is 2.00 e. The maximum Gasteiger partial charge on any atom is 2.00 e. The van der Waals surface area contributed by atoms with E-state index in [1.807, 2.05) is 0 Å². The SMILES string of the molecule is NC1CCCCC1C(=O)[O-].NC1CCCCC1C(=O)[O-].[Co+2]. The van der Waals surface area contributed by atoms with Crippen LogP contribution in [0.1, 0.15) is 51.4 Å². The third kappa shape index (κ3) is 6.77. The molecule has 0 aromatic heterocycles. The van der Waals surface area contributed by atoms with Gasteiger partial charge in [0.05, 0.1) is 0 Å². The smallest absolute Gasteiger partial charge is 0.550 e. The van der Waals surface area contributed by atoms with Gasteiger partial charge in [0.15, 0.2) is 0 Å². The van der Waals surface area contributed by atoms with Crippen LogP contribution in [0.15, 0.2) is 0 Å². The molecule has 4 atom stereocenters. The summed E-state index contributed by atoms with van der Waals surface area (Å²) < 4.78 is 0. The van der Waals surface area contributed by atoms with Crippen molar-refractivity contribution in [2.24, 2.45) is 23.3 Å². The summed E-state index contributed by atoms with van der Waals surface area (Å²) in [5.41, 5.74) is 11.1. The maximum absolute atomic E-state index is 10.4. The van der Waals surface area contributed by atoms with Crippen LogP contribution in [-0.4, -0.2) is 24.0 Å². The van der Waals surface area contributed by atoms with Crippen molar-refractivity contribution < 1.29 is 36.6 Å². The molecule has 2 aliphatic rings. The average molecular weight is 343 g/mol. The van der Waals surface area contributed by atoms with E-state index in [4.69, 9.17) is 11.5 Å². The van der Waals surface area contributed by atoms with Gasteiger partial charge >= 0.3 is 16.8 Å². The third-order valence-electron chi connectivity index (χ3n) is 4.24. The van der Waals surface area contributed by atoms with E-state index >= 15 is 0 Å². The Morgan fingerprint density at radius 1 is 0.714 bits per heavy atom. The Balaban J connectivity index is 0.000000364. The minimum Gasteiger partial charge on any atom is -0.550 e. The summed E-state index contributed by atoms with van der Waals surface area (Å²) in [6.45, 7) is 0. The van der Waals surface area contributed by atoms with Gasteiger partial charge in [0.1, 0.15) is 0 Å². The molecular weight excluding hydrogens is 319 g/mol. The Morgan fingerprint density at radius 3 is 1.19 bits per heavy atom. The van der Waals surface area contributed by atoms with Crippen molar-refractivity contribution in [1.82, 2.24) is 0 Å². The zero-order valence-electron chi connectivity index (χ0n) is 12.1. The number of carbonyl (C=O) groups excluding carboxylic acids is 2. The Morgan fingerprint density at radius 2 is 1.00 bits per heavy atom. The van der Waals surface area contributed by atoms with Crippen LogP contribution in [0.5, 0.6) is 0 Å². The number of carbonyl (C=O) groups is 2. The molecule has 4 unspecified atom stereocenters. The second-order valence-corrected chi connectivity index (χ2v) is 5.75. The van der Waals surface area contributed by atoms with Gasteiger partial charge in [-0.25, -0.2) is 0 Å². The van der Waals surface area contributed by atoms with E-state index < -0.39 is 23.8 Å². The monoisotopic (exact) mass is 343 g/mol. The summed E-state index contributed by atoms with van der Waals surface area (Å²) >= 11 is 0. The third-order valence-corrected chi connectivity index (χ3v) is 4.24. The minimum absolute atomic E-state index is 0. The first kappa shape index (κ1) is 20.4. The summed E-state index contributed by atoms with van der Waals surface area (Å²) in [6.07, 6.45) is 7.14. The predicted molar refractivity (Wildman–Crippen MR) is 69.9 cm³/mol. The first-order chi connectivity index (χ1) is 9.43. The van der Waals surface area contributed by atoms with E-state index in [0.29, 0.717) is 12.8 Å². The van der Waals surface area contributed by atoms with Crippen LogP contribution in [0.2, 0.25) is 0 Å². The molecule has 21 heavy (non-hydrogen) atoms. The first-order valence-electron chi connectivity index (χ1n) is 7.36. The van der Waals surface area contributed by atoms with Crippen molar-refractivity contribution >= 4 is 11.9 Å². The molecule has 0 spiro atoms. The number of carboxylic acids is 2. The number of aliphatic carboxylic acids is 2. The van der Waals surface area contributed by atoms with Crippen molar-refractivity contribution in [3.8, 4) is 0 Å². The van der Waals surface area contributed by atoms with E-state index in [9.17, 15) is 19.8 Å². The van der Waals surface area contributed by atoms with Gasteiger partial charge in [-0.15, -0.1) is 0 Å². The summed E-state index contributed by atoms with van der Waals surface area (Å²) in [5.74, 6) is -2.75. The predicted octanol–water partition coefficient (Wildman–Crippen LogP) is -1.49. The zero-order chi connectivity index (χ0) is 15.1. The Bertz CT molecular complexity index is 309. The van der Waals surface area contributed by atoms with Crippen LogP contribution < -0.4 is 21.7 Å². The summed E-state index contributed by atoms with van der Waals surface area (Å²) in [5, 5.41) is 20.7. The summed E-state index contributed by atoms with van der Waals surface area (Å²) in [7, 11) is 0. The van der Waals surface area contributed by atoms with Crippen LogP contribution in [0.3, 0.4) is 0 Å². The molecule has 6 nitrogen and oxygen atoms in total. The van der Waals surface area contributed by atoms with E-state index in [0.717, 1.165) is 38.5 Å². The molecule has 0 heterocycles. The molecule has 0 saturated heterocycles. The molecule has 123 valence electrons. The fourth-order valence-electron chi connectivity index (χ4n) is 2.90. The Kier molecular flexibility index (Phi) is 9.85. The van der Waals surface area contributed by atoms with Gasteiger partial charge in [0.2, 0.25) is 0 Å². The van der Waals surface area contributed by atoms with Gasteiger partial charge in [-0.1, -0.05) is 25.7 Å². The topological polar surface area (TPSA) is 132 Å². The fourth-order valence-corrected chi connectivity index (χ4v) is 2.90. The second-order valence-electron chi connectivity index (χ2n) is 5.75. The van der Waals surface area contributed by atoms with Gasteiger partial charge in [-0.3, -0.25) is 0 Å². The average Bonchev–Trinajstić information content (AvgIpc) is 2.40. The first-order valence-corrected chi connectivity index (χ1v) is 7.36. The van der Waals surface area contributed by atoms with Gasteiger partial charge < -0.3 is 31.3 Å². The van der Waals surface area contributed by atoms with Gasteiger partial charge in [-0.2, -0.15) is 0 Å². The molecule has 2 rings (SSSR count). The number of nitrogens with two attached hydrogens (primary N) is 2. The molecule has 0 amide bonds. The molecular formula is C14H24CoN2O4. The zero-order valence-corrected chi connectivity index (χ0v) is 13.1. The molecule has 2 aliphatic carbocycles. The standard InChI is InChI=1S/2C7H13NO2.Co/c2*8-6-4-2-1-3-5(6)7(9)10;/h2*5-6H,1-4,8H2,(H,9,10);/q;;+2/p-2. The molecule has 2 saturated carbocycles. The van der Waals surface area contributed by atoms with Gasteiger partial charge in [-0.05, 0) is 25.7 Å². The fraction of sp³-hybridized carbons (Fsp3) is 0.857. The molecule has 1 radical (unpaired) electrons. The molecule has 0 aliphatic heterocycles. The number of hydrogen-bond acceptors (Lipinski definition) is 6. The molecule has 4 N–H and O–H groups in total. The normalized spacial score (nSPS) is 32.1. The maximum atomic E-state index is 10.4. The Labute approximate surface area is 135 Å². The van der Waals surface area contributed by atoms with Crippen LogP contribution in [-0.2, 0) is 26.4 Å². The van der Waals surface area contributed by atoms with Gasteiger partial charge in [0, 0.05) is 35.9 Å². The van der Waals surface area contributed by atoms with Crippen LogP contribution in [0.4, 0.5) is 0 Å². The van der Waals surface area contributed by atoms with E-state index in [-0.39, 0.29) is 28.9 Å². The number of carboxylic acid groups (broad SMARTS) is 2. The number of hydrogen-bond donors (Lipinski definition) is 2. The molecule has 7 heteroatoms. The molecule has 0 aromatic carbocycles. The van der Waals surface area contributed by atoms with Crippen molar-refractivity contribution in [1.29, 1.82) is 0 Å². The number of rotatable bonds is 2. The summed E-state index contributed by atoms with van der Waals surface area (Å²) in [4.78, 5) is 20.7. The van der Waals surface area contributed by atoms with Crippen molar-refractivity contribution in [3.05, 3.63) is 0 Å². The molecule has 0 aromatic rings.